The number of benzene rings is 1. The third-order valence-electron chi connectivity index (χ3n) is 5.48. The van der Waals surface area contributed by atoms with E-state index < -0.39 is 5.60 Å². The Balaban J connectivity index is 0.00000280. The van der Waals surface area contributed by atoms with Crippen LogP contribution in [0.5, 0.6) is 0 Å². The number of hydrogen-bond donors (Lipinski definition) is 3. The van der Waals surface area contributed by atoms with Gasteiger partial charge in [-0.05, 0) is 56.7 Å². The SMILES string of the molecule is CCNC(=NCC1(O)CCC1)NC1CCN(Cc2ccc(Cl)c(Cl)c2)CC1.I. The van der Waals surface area contributed by atoms with Crippen molar-refractivity contribution in [2.45, 2.75) is 57.2 Å². The smallest absolute Gasteiger partial charge is 0.191 e. The van der Waals surface area contributed by atoms with E-state index in [0.29, 0.717) is 22.6 Å². The topological polar surface area (TPSA) is 59.9 Å². The summed E-state index contributed by atoms with van der Waals surface area (Å²) in [5.41, 5.74) is 0.616. The minimum atomic E-state index is -0.578. The number of aliphatic imine (C=N–C) groups is 1. The van der Waals surface area contributed by atoms with Crippen LogP contribution >= 0.6 is 47.2 Å². The van der Waals surface area contributed by atoms with Crippen LogP contribution in [0.15, 0.2) is 23.2 Å². The molecule has 0 amide bonds. The second-order valence-corrected chi connectivity index (χ2v) is 8.53. The highest BCUT2D eigenvalue weighted by Gasteiger charge is 2.34. The Kier molecular flexibility index (Phi) is 9.60. The first kappa shape index (κ1) is 24.0. The first-order valence-electron chi connectivity index (χ1n) is 9.91. The molecule has 1 saturated carbocycles. The molecule has 1 aromatic rings. The summed E-state index contributed by atoms with van der Waals surface area (Å²) < 4.78 is 0. The van der Waals surface area contributed by atoms with E-state index in [4.69, 9.17) is 23.2 Å². The van der Waals surface area contributed by atoms with Crippen molar-refractivity contribution in [1.82, 2.24) is 15.5 Å². The van der Waals surface area contributed by atoms with Crippen LogP contribution in [0.2, 0.25) is 10.0 Å². The first-order chi connectivity index (χ1) is 13.0. The van der Waals surface area contributed by atoms with Crippen LogP contribution in [0.25, 0.3) is 0 Å². The average Bonchev–Trinajstić information content (AvgIpc) is 2.63. The Morgan fingerprint density at radius 1 is 1.25 bits per heavy atom. The van der Waals surface area contributed by atoms with E-state index in [9.17, 15) is 5.11 Å². The number of nitrogens with one attached hydrogen (secondary N) is 2. The van der Waals surface area contributed by atoms with Crippen molar-refractivity contribution in [2.24, 2.45) is 4.99 Å². The molecule has 0 spiro atoms. The molecule has 1 heterocycles. The molecule has 0 unspecified atom stereocenters. The Morgan fingerprint density at radius 2 is 1.96 bits per heavy atom. The van der Waals surface area contributed by atoms with Gasteiger partial charge in [-0.3, -0.25) is 9.89 Å². The molecule has 3 N–H and O–H groups in total. The molecule has 0 atom stereocenters. The predicted octanol–water partition coefficient (Wildman–Crippen LogP) is 4.05. The maximum absolute atomic E-state index is 10.3. The lowest BCUT2D eigenvalue weighted by molar-refractivity contribution is -0.0236. The normalized spacial score (nSPS) is 20.2. The summed E-state index contributed by atoms with van der Waals surface area (Å²) in [4.78, 5) is 7.05. The Labute approximate surface area is 195 Å². The Morgan fingerprint density at radius 3 is 2.54 bits per heavy atom. The summed E-state index contributed by atoms with van der Waals surface area (Å²) in [6.45, 7) is 6.32. The zero-order valence-corrected chi connectivity index (χ0v) is 20.2. The summed E-state index contributed by atoms with van der Waals surface area (Å²) in [7, 11) is 0. The van der Waals surface area contributed by atoms with Gasteiger partial charge in [0.05, 0.1) is 22.2 Å². The standard InChI is InChI=1S/C20H30Cl2N4O.HI/c1-2-23-19(24-14-20(27)8-3-9-20)25-16-6-10-26(11-7-16)13-15-4-5-17(21)18(22)12-15;/h4-5,12,16,27H,2-3,6-11,13-14H2,1H3,(H2,23,24,25);1H. The number of likely N-dealkylation sites (tertiary alicyclic amines) is 1. The van der Waals surface area contributed by atoms with Gasteiger partial charge >= 0.3 is 0 Å². The van der Waals surface area contributed by atoms with Gasteiger partial charge in [0.15, 0.2) is 5.96 Å². The molecule has 1 aliphatic carbocycles. The zero-order valence-electron chi connectivity index (χ0n) is 16.4. The zero-order chi connectivity index (χ0) is 19.3. The quantitative estimate of drug-likeness (QED) is 0.289. The van der Waals surface area contributed by atoms with Crippen molar-refractivity contribution in [2.75, 3.05) is 26.2 Å². The second-order valence-electron chi connectivity index (χ2n) is 7.72. The highest BCUT2D eigenvalue weighted by atomic mass is 127. The molecule has 1 aliphatic heterocycles. The lowest BCUT2D eigenvalue weighted by Gasteiger charge is -2.36. The van der Waals surface area contributed by atoms with Crippen LogP contribution in [-0.2, 0) is 6.54 Å². The molecule has 8 heteroatoms. The van der Waals surface area contributed by atoms with Gasteiger partial charge in [0, 0.05) is 32.2 Å². The molecule has 28 heavy (non-hydrogen) atoms. The van der Waals surface area contributed by atoms with Crippen molar-refractivity contribution >= 4 is 53.1 Å². The number of rotatable bonds is 6. The molecule has 2 fully saturated rings. The molecular weight excluding hydrogens is 510 g/mol. The van der Waals surface area contributed by atoms with Gasteiger partial charge in [0.2, 0.25) is 0 Å². The van der Waals surface area contributed by atoms with Gasteiger partial charge in [-0.1, -0.05) is 29.3 Å². The van der Waals surface area contributed by atoms with Crippen molar-refractivity contribution in [3.63, 3.8) is 0 Å². The fraction of sp³-hybridized carbons (Fsp3) is 0.650. The van der Waals surface area contributed by atoms with Crippen LogP contribution in [0, 0.1) is 0 Å². The minimum absolute atomic E-state index is 0. The van der Waals surface area contributed by atoms with E-state index in [1.807, 2.05) is 18.2 Å². The summed E-state index contributed by atoms with van der Waals surface area (Å²) >= 11 is 12.1. The van der Waals surface area contributed by atoms with E-state index in [-0.39, 0.29) is 24.0 Å². The number of aliphatic hydroxyl groups is 1. The highest BCUT2D eigenvalue weighted by Crippen LogP contribution is 2.31. The molecule has 0 aromatic heterocycles. The summed E-state index contributed by atoms with van der Waals surface area (Å²) in [5, 5.41) is 18.3. The maximum Gasteiger partial charge on any atom is 0.191 e. The first-order valence-corrected chi connectivity index (χ1v) is 10.7. The largest absolute Gasteiger partial charge is 0.388 e. The fourth-order valence-corrected chi connectivity index (χ4v) is 3.93. The molecule has 1 saturated heterocycles. The monoisotopic (exact) mass is 540 g/mol. The summed E-state index contributed by atoms with van der Waals surface area (Å²) in [6.07, 6.45) is 4.96. The number of nitrogens with zero attached hydrogens (tertiary/aromatic N) is 2. The molecule has 3 rings (SSSR count). The van der Waals surface area contributed by atoms with Crippen LogP contribution < -0.4 is 10.6 Å². The molecule has 1 aromatic carbocycles. The van der Waals surface area contributed by atoms with E-state index in [1.54, 1.807) is 0 Å². The summed E-state index contributed by atoms with van der Waals surface area (Å²) in [6, 6.07) is 6.27. The van der Waals surface area contributed by atoms with Crippen LogP contribution in [0.1, 0.15) is 44.6 Å². The predicted molar refractivity (Wildman–Crippen MR) is 128 cm³/mol. The average molecular weight is 541 g/mol. The molecule has 0 bridgehead atoms. The lowest BCUT2D eigenvalue weighted by Crippen LogP contribution is -2.49. The van der Waals surface area contributed by atoms with E-state index in [1.165, 1.54) is 5.56 Å². The van der Waals surface area contributed by atoms with Crippen molar-refractivity contribution < 1.29 is 5.11 Å². The number of guanidine groups is 1. The second kappa shape index (κ2) is 11.2. The van der Waals surface area contributed by atoms with Gasteiger partial charge in [-0.25, -0.2) is 0 Å². The van der Waals surface area contributed by atoms with E-state index in [0.717, 1.165) is 64.2 Å². The van der Waals surface area contributed by atoms with Gasteiger partial charge < -0.3 is 15.7 Å². The van der Waals surface area contributed by atoms with Crippen LogP contribution in [0.4, 0.5) is 0 Å². The van der Waals surface area contributed by atoms with Crippen LogP contribution in [-0.4, -0.2) is 53.8 Å². The lowest BCUT2D eigenvalue weighted by atomic mass is 9.80. The van der Waals surface area contributed by atoms with Crippen LogP contribution in [0.3, 0.4) is 0 Å². The Bertz CT molecular complexity index is 662. The fourth-order valence-electron chi connectivity index (χ4n) is 3.61. The van der Waals surface area contributed by atoms with E-state index >= 15 is 0 Å². The molecule has 5 nitrogen and oxygen atoms in total. The third-order valence-corrected chi connectivity index (χ3v) is 6.22. The molecular formula is C20H31Cl2IN4O. The minimum Gasteiger partial charge on any atom is -0.388 e. The summed E-state index contributed by atoms with van der Waals surface area (Å²) in [5.74, 6) is 0.820. The Hall–Kier alpha value is -0.280. The number of hydrogen-bond acceptors (Lipinski definition) is 3. The van der Waals surface area contributed by atoms with Gasteiger partial charge in [0.1, 0.15) is 0 Å². The number of halogens is 3. The molecule has 158 valence electrons. The van der Waals surface area contributed by atoms with Gasteiger partial charge in [0.25, 0.3) is 0 Å². The van der Waals surface area contributed by atoms with Crippen molar-refractivity contribution in [3.8, 4) is 0 Å². The van der Waals surface area contributed by atoms with Crippen molar-refractivity contribution in [3.05, 3.63) is 33.8 Å². The number of piperidine rings is 1. The van der Waals surface area contributed by atoms with Gasteiger partial charge in [-0.15, -0.1) is 24.0 Å². The molecule has 2 aliphatic rings. The van der Waals surface area contributed by atoms with E-state index in [2.05, 4.69) is 27.4 Å². The maximum atomic E-state index is 10.3. The third kappa shape index (κ3) is 6.90. The van der Waals surface area contributed by atoms with Crippen molar-refractivity contribution in [1.29, 1.82) is 0 Å². The van der Waals surface area contributed by atoms with Gasteiger partial charge in [-0.2, -0.15) is 0 Å². The molecule has 0 radical (unpaired) electrons. The highest BCUT2D eigenvalue weighted by molar-refractivity contribution is 14.0.